The van der Waals surface area contributed by atoms with Crippen molar-refractivity contribution in [1.29, 1.82) is 0 Å². The summed E-state index contributed by atoms with van der Waals surface area (Å²) in [5.41, 5.74) is 9.95. The van der Waals surface area contributed by atoms with Gasteiger partial charge in [0.1, 0.15) is 23.9 Å². The first-order chi connectivity index (χ1) is 19.6. The summed E-state index contributed by atoms with van der Waals surface area (Å²) in [5, 5.41) is 10.3. The van der Waals surface area contributed by atoms with Crippen molar-refractivity contribution in [2.75, 3.05) is 38.9 Å². The molecule has 1 saturated carbocycles. The number of nitrogens with two attached hydrogens (primary N) is 1. The van der Waals surface area contributed by atoms with Crippen LogP contribution in [0, 0.1) is 18.8 Å². The monoisotopic (exact) mass is 556 g/mol. The van der Waals surface area contributed by atoms with Crippen molar-refractivity contribution in [2.24, 2.45) is 21.9 Å². The smallest absolute Gasteiger partial charge is 0.334 e. The van der Waals surface area contributed by atoms with Gasteiger partial charge in [-0.25, -0.2) is 19.8 Å². The molecule has 2 aliphatic rings. The van der Waals surface area contributed by atoms with Crippen molar-refractivity contribution < 1.29 is 19.1 Å². The van der Waals surface area contributed by atoms with Crippen LogP contribution in [0.15, 0.2) is 52.8 Å². The van der Waals surface area contributed by atoms with Crippen LogP contribution in [0.5, 0.6) is 0 Å². The Kier molecular flexibility index (Phi) is 7.64. The molecule has 41 heavy (non-hydrogen) atoms. The molecule has 0 radical (unpaired) electrons. The van der Waals surface area contributed by atoms with Crippen molar-refractivity contribution in [3.63, 3.8) is 0 Å². The highest BCUT2D eigenvalue weighted by Crippen LogP contribution is 2.43. The molecule has 3 N–H and O–H groups in total. The summed E-state index contributed by atoms with van der Waals surface area (Å²) in [6, 6.07) is 4.80. The number of hydrogen-bond acceptors (Lipinski definition) is 11. The Hall–Kier alpha value is -4.87. The van der Waals surface area contributed by atoms with E-state index in [0.717, 1.165) is 34.9 Å². The lowest BCUT2D eigenvalue weighted by atomic mass is 10.0. The average Bonchev–Trinajstić information content (AvgIpc) is 3.53. The number of hydrazone groups is 1. The van der Waals surface area contributed by atoms with Crippen LogP contribution < -0.4 is 11.1 Å². The number of carbonyl (C=O) groups is 2. The van der Waals surface area contributed by atoms with Crippen molar-refractivity contribution >= 4 is 46.4 Å². The van der Waals surface area contributed by atoms with E-state index in [-0.39, 0.29) is 30.2 Å². The Morgan fingerprint density at radius 3 is 2.78 bits per heavy atom. The number of nitrogens with zero attached hydrogens (tertiary/aromatic N) is 6. The number of esters is 1. The quantitative estimate of drug-likeness (QED) is 0.230. The second kappa shape index (κ2) is 11.3. The van der Waals surface area contributed by atoms with Gasteiger partial charge in [0.05, 0.1) is 12.8 Å². The molecule has 1 amide bonds. The number of aryl methyl sites for hydroxylation is 1. The molecular weight excluding hydrogens is 524 g/mol. The molecular formula is C29H32N8O4. The fourth-order valence-corrected chi connectivity index (χ4v) is 4.69. The van der Waals surface area contributed by atoms with Gasteiger partial charge in [0.25, 0.3) is 0 Å². The number of hydrogen-bond donors (Lipinski definition) is 2. The lowest BCUT2D eigenvalue weighted by molar-refractivity contribution is -0.142. The van der Waals surface area contributed by atoms with E-state index in [9.17, 15) is 9.59 Å². The standard InChI is InChI=1S/C29H32N8O4/c1-15(11-33-37(3)4)6-17-8-19(17)27(38)36-25-10-18-9-22(34-26(30)21(18)13-32-25)20-12-31-23(7-16(20)2)28-35-24(14-41-28)29(39)40-5/h7,9-13,17,19,24H,1,6,8,14H2,2-5H3,(H2,30,34)(H,32,36,38)/b33-11-/t17-,19-,24-/m0/s1. The van der Waals surface area contributed by atoms with Crippen LogP contribution in [0.3, 0.4) is 0 Å². The van der Waals surface area contributed by atoms with Gasteiger partial charge in [-0.05, 0) is 60.4 Å². The summed E-state index contributed by atoms with van der Waals surface area (Å²) in [6.07, 6.45) is 6.55. The third-order valence-corrected chi connectivity index (χ3v) is 6.98. The third-order valence-electron chi connectivity index (χ3n) is 6.98. The van der Waals surface area contributed by atoms with E-state index in [1.807, 2.05) is 33.2 Å². The summed E-state index contributed by atoms with van der Waals surface area (Å²) in [4.78, 5) is 42.3. The number of aromatic nitrogens is 3. The number of allylic oxidation sites excluding steroid dienone is 1. The highest BCUT2D eigenvalue weighted by atomic mass is 16.5. The Morgan fingerprint density at radius 2 is 2.05 bits per heavy atom. The molecule has 4 heterocycles. The molecule has 3 aromatic heterocycles. The van der Waals surface area contributed by atoms with Gasteiger partial charge in [-0.15, -0.1) is 0 Å². The number of pyridine rings is 3. The number of nitrogen functional groups attached to an aromatic ring is 1. The molecule has 12 heteroatoms. The van der Waals surface area contributed by atoms with Crippen LogP contribution in [-0.4, -0.2) is 77.8 Å². The first-order valence-electron chi connectivity index (χ1n) is 13.1. The van der Waals surface area contributed by atoms with Crippen molar-refractivity contribution in [2.45, 2.75) is 25.8 Å². The van der Waals surface area contributed by atoms with Gasteiger partial charge in [-0.2, -0.15) is 5.10 Å². The SMILES string of the molecule is C=C(/C=N\N(C)C)C[C@H]1C[C@@H]1C(=O)Nc1cc2cc(-c3cnc(C4=N[C@H](C(=O)OC)CO4)cc3C)nc(N)c2cn1. The van der Waals surface area contributed by atoms with Gasteiger partial charge in [-0.1, -0.05) is 6.58 Å². The largest absolute Gasteiger partial charge is 0.473 e. The highest BCUT2D eigenvalue weighted by Gasteiger charge is 2.42. The molecule has 3 aromatic rings. The predicted molar refractivity (Wildman–Crippen MR) is 156 cm³/mol. The summed E-state index contributed by atoms with van der Waals surface area (Å²) in [7, 11) is 5.01. The second-order valence-corrected chi connectivity index (χ2v) is 10.4. The molecule has 12 nitrogen and oxygen atoms in total. The molecule has 212 valence electrons. The molecule has 0 aromatic carbocycles. The van der Waals surface area contributed by atoms with Crippen LogP contribution in [0.4, 0.5) is 11.6 Å². The van der Waals surface area contributed by atoms with E-state index in [4.69, 9.17) is 15.2 Å². The fourth-order valence-electron chi connectivity index (χ4n) is 4.69. The van der Waals surface area contributed by atoms with E-state index < -0.39 is 12.0 Å². The number of ether oxygens (including phenoxy) is 2. The summed E-state index contributed by atoms with van der Waals surface area (Å²) in [6.45, 7) is 6.06. The number of rotatable bonds is 9. The lowest BCUT2D eigenvalue weighted by Crippen LogP contribution is -2.21. The third kappa shape index (κ3) is 6.16. The van der Waals surface area contributed by atoms with Crippen molar-refractivity contribution in [3.05, 3.63) is 54.0 Å². The zero-order valence-electron chi connectivity index (χ0n) is 23.4. The van der Waals surface area contributed by atoms with Crippen LogP contribution >= 0.6 is 0 Å². The second-order valence-electron chi connectivity index (χ2n) is 10.4. The van der Waals surface area contributed by atoms with Gasteiger partial charge in [0.15, 0.2) is 6.04 Å². The van der Waals surface area contributed by atoms with Gasteiger partial charge in [-0.3, -0.25) is 9.78 Å². The van der Waals surface area contributed by atoms with Crippen LogP contribution in [-0.2, 0) is 19.1 Å². The van der Waals surface area contributed by atoms with E-state index in [1.54, 1.807) is 29.7 Å². The highest BCUT2D eigenvalue weighted by molar-refractivity contribution is 5.99. The summed E-state index contributed by atoms with van der Waals surface area (Å²) < 4.78 is 10.3. The van der Waals surface area contributed by atoms with Crippen LogP contribution in [0.25, 0.3) is 22.0 Å². The molecule has 5 rings (SSSR count). The van der Waals surface area contributed by atoms with Crippen LogP contribution in [0.1, 0.15) is 24.1 Å². The van der Waals surface area contributed by atoms with E-state index in [0.29, 0.717) is 28.4 Å². The predicted octanol–water partition coefficient (Wildman–Crippen LogP) is 2.97. The van der Waals surface area contributed by atoms with Crippen molar-refractivity contribution in [3.8, 4) is 11.3 Å². The maximum atomic E-state index is 12.9. The first kappa shape index (κ1) is 27.7. The molecule has 0 spiro atoms. The minimum atomic E-state index is -0.699. The number of nitrogens with one attached hydrogen (secondary N) is 1. The zero-order valence-corrected chi connectivity index (χ0v) is 23.4. The number of fused-ring (bicyclic) bond motifs is 1. The first-order valence-corrected chi connectivity index (χ1v) is 13.1. The number of amides is 1. The minimum absolute atomic E-state index is 0.0661. The maximum absolute atomic E-state index is 12.9. The molecule has 1 aliphatic heterocycles. The van der Waals surface area contributed by atoms with E-state index in [1.165, 1.54) is 7.11 Å². The number of aliphatic imine (C=N–C) groups is 1. The Morgan fingerprint density at radius 1 is 1.24 bits per heavy atom. The van der Waals surface area contributed by atoms with Gasteiger partial charge >= 0.3 is 5.97 Å². The normalized spacial score (nSPS) is 19.5. The molecule has 0 bridgehead atoms. The van der Waals surface area contributed by atoms with Gasteiger partial charge in [0, 0.05) is 49.6 Å². The molecule has 0 saturated heterocycles. The average molecular weight is 557 g/mol. The topological polar surface area (TPSA) is 157 Å². The van der Waals surface area contributed by atoms with Gasteiger partial charge in [0.2, 0.25) is 11.8 Å². The van der Waals surface area contributed by atoms with E-state index >= 15 is 0 Å². The molecule has 3 atom stereocenters. The molecule has 1 fully saturated rings. The number of carbonyl (C=O) groups excluding carboxylic acids is 2. The van der Waals surface area contributed by atoms with Crippen molar-refractivity contribution in [1.82, 2.24) is 20.0 Å². The van der Waals surface area contributed by atoms with E-state index in [2.05, 4.69) is 36.9 Å². The lowest BCUT2D eigenvalue weighted by Gasteiger charge is -2.11. The van der Waals surface area contributed by atoms with Crippen LogP contribution in [0.2, 0.25) is 0 Å². The maximum Gasteiger partial charge on any atom is 0.334 e. The number of anilines is 2. The Balaban J connectivity index is 1.31. The number of methoxy groups -OCH3 is 1. The Labute approximate surface area is 237 Å². The Bertz CT molecular complexity index is 1600. The molecule has 1 aliphatic carbocycles. The summed E-state index contributed by atoms with van der Waals surface area (Å²) >= 11 is 0. The molecule has 0 unspecified atom stereocenters. The minimum Gasteiger partial charge on any atom is -0.473 e. The zero-order chi connectivity index (χ0) is 29.3. The summed E-state index contributed by atoms with van der Waals surface area (Å²) in [5.74, 6) is 0.685. The fraction of sp³-hybridized carbons (Fsp3) is 0.345. The van der Waals surface area contributed by atoms with Gasteiger partial charge < -0.3 is 25.5 Å².